The Labute approximate surface area is 168 Å². The van der Waals surface area contributed by atoms with Crippen LogP contribution in [0.3, 0.4) is 0 Å². The van der Waals surface area contributed by atoms with Gasteiger partial charge in [0.05, 0.1) is 11.8 Å². The Bertz CT molecular complexity index is 826. The van der Waals surface area contributed by atoms with Gasteiger partial charge in [0.25, 0.3) is 0 Å². The van der Waals surface area contributed by atoms with Crippen molar-refractivity contribution in [3.63, 3.8) is 0 Å². The molecule has 0 spiro atoms. The van der Waals surface area contributed by atoms with Crippen LogP contribution in [0.15, 0.2) is 35.1 Å². The van der Waals surface area contributed by atoms with Crippen LogP contribution in [0.5, 0.6) is 0 Å². The lowest BCUT2D eigenvalue weighted by atomic mass is 9.77. The minimum atomic E-state index is -2.06. The van der Waals surface area contributed by atoms with E-state index in [1.165, 1.54) is 6.08 Å². The maximum absolute atomic E-state index is 12.6. The van der Waals surface area contributed by atoms with E-state index in [9.17, 15) is 19.5 Å². The normalized spacial score (nSPS) is 37.6. The minimum absolute atomic E-state index is 0.0628. The number of alkyl halides is 1. The molecule has 0 amide bonds. The van der Waals surface area contributed by atoms with Crippen molar-refractivity contribution in [1.29, 1.82) is 0 Å². The molecule has 5 unspecified atom stereocenters. The molecule has 3 rings (SSSR count). The highest BCUT2D eigenvalue weighted by atomic mass is 35.5. The third-order valence-electron chi connectivity index (χ3n) is 5.63. The van der Waals surface area contributed by atoms with Gasteiger partial charge in [-0.3, -0.25) is 4.79 Å². The Morgan fingerprint density at radius 3 is 2.75 bits per heavy atom. The summed E-state index contributed by atoms with van der Waals surface area (Å²) in [5, 5.41) is 11.0. The van der Waals surface area contributed by atoms with Crippen molar-refractivity contribution < 1.29 is 33.7 Å². The molecule has 3 aliphatic rings. The standard InChI is InChI=1S/C20H23ClO7/c1-5-10(2)17(23)26-14-8-19(4)15(22)7-12(28-19)11(3)6-13-16(14)20(25,9-21)18(24)27-13/h5-7,13-14,16,25H,8-9H2,1-4H3. The highest BCUT2D eigenvalue weighted by Gasteiger charge is 2.61. The summed E-state index contributed by atoms with van der Waals surface area (Å²) >= 11 is 5.94. The monoisotopic (exact) mass is 410 g/mol. The molecule has 1 N–H and O–H groups in total. The molecule has 0 aromatic heterocycles. The Kier molecular flexibility index (Phi) is 5.18. The van der Waals surface area contributed by atoms with Crippen molar-refractivity contribution in [2.24, 2.45) is 5.92 Å². The van der Waals surface area contributed by atoms with E-state index >= 15 is 0 Å². The average molecular weight is 411 g/mol. The Balaban J connectivity index is 2.12. The molecule has 28 heavy (non-hydrogen) atoms. The smallest absolute Gasteiger partial charge is 0.340 e. The van der Waals surface area contributed by atoms with Crippen molar-refractivity contribution in [2.75, 3.05) is 5.88 Å². The SMILES string of the molecule is CC=C(C)C(=O)OC1CC2(C)OC(=CC2=O)C(C)=CC2OC(=O)C(O)(CCl)C21. The quantitative estimate of drug-likeness (QED) is 0.431. The van der Waals surface area contributed by atoms with E-state index in [0.29, 0.717) is 16.9 Å². The summed E-state index contributed by atoms with van der Waals surface area (Å²) in [4.78, 5) is 37.5. The molecule has 152 valence electrons. The first-order chi connectivity index (χ1) is 13.1. The van der Waals surface area contributed by atoms with E-state index < -0.39 is 47.1 Å². The van der Waals surface area contributed by atoms with Crippen molar-refractivity contribution in [3.05, 3.63) is 35.1 Å². The number of ketones is 1. The first-order valence-corrected chi connectivity index (χ1v) is 9.56. The van der Waals surface area contributed by atoms with Gasteiger partial charge in [-0.15, -0.1) is 11.6 Å². The first kappa shape index (κ1) is 20.6. The number of allylic oxidation sites excluding steroid dienone is 2. The maximum Gasteiger partial charge on any atom is 0.340 e. The summed E-state index contributed by atoms with van der Waals surface area (Å²) in [7, 11) is 0. The molecule has 0 aromatic carbocycles. The van der Waals surface area contributed by atoms with Crippen LogP contribution in [0.4, 0.5) is 0 Å². The summed E-state index contributed by atoms with van der Waals surface area (Å²) in [6.45, 7) is 6.58. The topological polar surface area (TPSA) is 99.1 Å². The van der Waals surface area contributed by atoms with Crippen molar-refractivity contribution >= 4 is 29.3 Å². The minimum Gasteiger partial charge on any atom is -0.479 e. The van der Waals surface area contributed by atoms with Crippen LogP contribution in [0, 0.1) is 5.92 Å². The lowest BCUT2D eigenvalue weighted by Gasteiger charge is -2.35. The molecule has 7 nitrogen and oxygen atoms in total. The molecule has 5 atom stereocenters. The Hall–Kier alpha value is -2.12. The average Bonchev–Trinajstić information content (AvgIpc) is 3.08. The zero-order valence-electron chi connectivity index (χ0n) is 16.2. The fraction of sp³-hybridized carbons (Fsp3) is 0.550. The van der Waals surface area contributed by atoms with Gasteiger partial charge in [0.1, 0.15) is 18.0 Å². The molecule has 8 heteroatoms. The van der Waals surface area contributed by atoms with Crippen molar-refractivity contribution in [3.8, 4) is 0 Å². The number of hydrogen-bond acceptors (Lipinski definition) is 7. The third-order valence-corrected chi connectivity index (χ3v) is 6.04. The number of aliphatic hydroxyl groups is 1. The van der Waals surface area contributed by atoms with Crippen molar-refractivity contribution in [2.45, 2.75) is 57.5 Å². The number of hydrogen-bond donors (Lipinski definition) is 1. The first-order valence-electron chi connectivity index (χ1n) is 9.03. The molecule has 0 saturated carbocycles. The van der Waals surface area contributed by atoms with Gasteiger partial charge in [0, 0.05) is 18.1 Å². The molecule has 0 aromatic rings. The van der Waals surface area contributed by atoms with Crippen LogP contribution < -0.4 is 0 Å². The van der Waals surface area contributed by atoms with Gasteiger partial charge >= 0.3 is 11.9 Å². The number of carbonyl (C=O) groups excluding carboxylic acids is 3. The predicted molar refractivity (Wildman–Crippen MR) is 99.3 cm³/mol. The number of ether oxygens (including phenoxy) is 3. The van der Waals surface area contributed by atoms with Crippen LogP contribution in [-0.2, 0) is 28.6 Å². The summed E-state index contributed by atoms with van der Waals surface area (Å²) in [5.41, 5.74) is -2.43. The van der Waals surface area contributed by atoms with E-state index in [0.717, 1.165) is 0 Å². The summed E-state index contributed by atoms with van der Waals surface area (Å²) in [6.07, 6.45) is 2.56. The molecule has 3 aliphatic heterocycles. The summed E-state index contributed by atoms with van der Waals surface area (Å²) in [6, 6.07) is 0. The highest BCUT2D eigenvalue weighted by molar-refractivity contribution is 6.20. The number of esters is 2. The molecular formula is C20H23ClO7. The maximum atomic E-state index is 12.6. The van der Waals surface area contributed by atoms with Gasteiger partial charge in [0.15, 0.2) is 11.2 Å². The van der Waals surface area contributed by atoms with Gasteiger partial charge in [-0.05, 0) is 39.3 Å². The van der Waals surface area contributed by atoms with Crippen LogP contribution >= 0.6 is 11.6 Å². The molecule has 1 fully saturated rings. The fourth-order valence-electron chi connectivity index (χ4n) is 3.74. The third kappa shape index (κ3) is 3.16. The molecule has 2 bridgehead atoms. The second kappa shape index (κ2) is 7.04. The van der Waals surface area contributed by atoms with Crippen LogP contribution in [0.2, 0.25) is 0 Å². The fourth-order valence-corrected chi connectivity index (χ4v) is 4.03. The van der Waals surface area contributed by atoms with Gasteiger partial charge in [0.2, 0.25) is 5.78 Å². The van der Waals surface area contributed by atoms with Crippen LogP contribution in [0.1, 0.15) is 34.1 Å². The van der Waals surface area contributed by atoms with Gasteiger partial charge in [-0.25, -0.2) is 9.59 Å². The molecule has 0 radical (unpaired) electrons. The molecule has 0 aliphatic carbocycles. The number of rotatable bonds is 3. The Morgan fingerprint density at radius 1 is 1.46 bits per heavy atom. The predicted octanol–water partition coefficient (Wildman–Crippen LogP) is 1.97. The van der Waals surface area contributed by atoms with E-state index in [1.807, 2.05) is 0 Å². The lowest BCUT2D eigenvalue weighted by Crippen LogP contribution is -2.52. The van der Waals surface area contributed by atoms with E-state index in [2.05, 4.69) is 0 Å². The second-order valence-corrected chi connectivity index (χ2v) is 7.90. The van der Waals surface area contributed by atoms with Gasteiger partial charge < -0.3 is 19.3 Å². The summed E-state index contributed by atoms with van der Waals surface area (Å²) < 4.78 is 16.9. The van der Waals surface area contributed by atoms with E-state index in [1.54, 1.807) is 39.8 Å². The highest BCUT2D eigenvalue weighted by Crippen LogP contribution is 2.45. The van der Waals surface area contributed by atoms with Gasteiger partial charge in [-0.1, -0.05) is 6.08 Å². The Morgan fingerprint density at radius 2 is 2.14 bits per heavy atom. The zero-order chi connectivity index (χ0) is 20.9. The molecule has 3 heterocycles. The summed E-state index contributed by atoms with van der Waals surface area (Å²) in [5.74, 6) is -2.86. The van der Waals surface area contributed by atoms with Crippen LogP contribution in [0.25, 0.3) is 0 Å². The van der Waals surface area contributed by atoms with E-state index in [-0.39, 0.29) is 12.2 Å². The molecule has 1 saturated heterocycles. The number of carbonyl (C=O) groups is 3. The number of halogens is 1. The van der Waals surface area contributed by atoms with Crippen LogP contribution in [-0.4, -0.2) is 52.1 Å². The van der Waals surface area contributed by atoms with Gasteiger partial charge in [-0.2, -0.15) is 0 Å². The lowest BCUT2D eigenvalue weighted by molar-refractivity contribution is -0.163. The second-order valence-electron chi connectivity index (χ2n) is 7.63. The van der Waals surface area contributed by atoms with Crippen molar-refractivity contribution in [1.82, 2.24) is 0 Å². The zero-order valence-corrected chi connectivity index (χ0v) is 16.9. The van der Waals surface area contributed by atoms with E-state index in [4.69, 9.17) is 25.8 Å². The number of fused-ring (bicyclic) bond motifs is 3. The molecular weight excluding hydrogens is 388 g/mol. The largest absolute Gasteiger partial charge is 0.479 e.